The molecular formula is C21H24O7. The van der Waals surface area contributed by atoms with Crippen LogP contribution in [0.15, 0.2) is 22.3 Å². The van der Waals surface area contributed by atoms with Gasteiger partial charge in [0.2, 0.25) is 0 Å². The van der Waals surface area contributed by atoms with Crippen molar-refractivity contribution >= 4 is 29.7 Å². The molecule has 7 nitrogen and oxygen atoms in total. The third kappa shape index (κ3) is 3.57. The summed E-state index contributed by atoms with van der Waals surface area (Å²) in [6.45, 7) is 3.94. The minimum atomic E-state index is -0.962. The van der Waals surface area contributed by atoms with Crippen LogP contribution in [-0.4, -0.2) is 29.7 Å². The van der Waals surface area contributed by atoms with Gasteiger partial charge in [0.15, 0.2) is 0 Å². The number of cyclic esters (lactones) is 4. The Bertz CT molecular complexity index is 815. The lowest BCUT2D eigenvalue weighted by Crippen LogP contribution is -2.25. The summed E-state index contributed by atoms with van der Waals surface area (Å²) in [5, 5.41) is 0. The SMILES string of the molecule is CCCCC(=O)C1CC2=C(C(=O)OC2=O)C(CCCC)CC2=C1C(=O)OC2=O. The van der Waals surface area contributed by atoms with E-state index in [9.17, 15) is 24.0 Å². The summed E-state index contributed by atoms with van der Waals surface area (Å²) in [6, 6.07) is 0. The van der Waals surface area contributed by atoms with Crippen LogP contribution in [0, 0.1) is 11.8 Å². The summed E-state index contributed by atoms with van der Waals surface area (Å²) in [6.07, 6.45) is 3.87. The summed E-state index contributed by atoms with van der Waals surface area (Å²) in [5.41, 5.74) is 0.649. The van der Waals surface area contributed by atoms with Crippen molar-refractivity contribution in [1.29, 1.82) is 0 Å². The van der Waals surface area contributed by atoms with Gasteiger partial charge in [-0.2, -0.15) is 0 Å². The molecule has 1 aliphatic carbocycles. The van der Waals surface area contributed by atoms with Crippen molar-refractivity contribution in [3.05, 3.63) is 22.3 Å². The number of carbonyl (C=O) groups excluding carboxylic acids is 5. The number of ether oxygens (including phenoxy) is 2. The number of hydrogen-bond acceptors (Lipinski definition) is 7. The van der Waals surface area contributed by atoms with Gasteiger partial charge >= 0.3 is 23.9 Å². The van der Waals surface area contributed by atoms with Gasteiger partial charge < -0.3 is 9.47 Å². The number of ketones is 1. The van der Waals surface area contributed by atoms with Crippen molar-refractivity contribution in [1.82, 2.24) is 0 Å². The van der Waals surface area contributed by atoms with Crippen molar-refractivity contribution in [3.63, 3.8) is 0 Å². The minimum Gasteiger partial charge on any atom is -0.386 e. The molecule has 0 saturated carbocycles. The van der Waals surface area contributed by atoms with Gasteiger partial charge in [-0.1, -0.05) is 33.1 Å². The van der Waals surface area contributed by atoms with Gasteiger partial charge in [-0.15, -0.1) is 0 Å². The zero-order valence-electron chi connectivity index (χ0n) is 16.2. The molecule has 2 unspecified atom stereocenters. The topological polar surface area (TPSA) is 104 Å². The first-order chi connectivity index (χ1) is 13.4. The molecule has 28 heavy (non-hydrogen) atoms. The molecular weight excluding hydrogens is 364 g/mol. The summed E-state index contributed by atoms with van der Waals surface area (Å²) in [7, 11) is 0. The van der Waals surface area contributed by atoms with Gasteiger partial charge in [0.1, 0.15) is 5.78 Å². The highest BCUT2D eigenvalue weighted by Gasteiger charge is 2.47. The van der Waals surface area contributed by atoms with Gasteiger partial charge in [-0.25, -0.2) is 19.2 Å². The van der Waals surface area contributed by atoms with Crippen LogP contribution in [0.4, 0.5) is 0 Å². The Morgan fingerprint density at radius 1 is 0.821 bits per heavy atom. The average molecular weight is 388 g/mol. The predicted molar refractivity (Wildman–Crippen MR) is 96.5 cm³/mol. The number of rotatable bonds is 7. The van der Waals surface area contributed by atoms with Crippen LogP contribution in [0.5, 0.6) is 0 Å². The molecule has 150 valence electrons. The molecule has 2 heterocycles. The molecule has 3 rings (SSSR count). The van der Waals surface area contributed by atoms with E-state index in [1.54, 1.807) is 0 Å². The average Bonchev–Trinajstić information content (AvgIpc) is 3.06. The molecule has 0 N–H and O–H groups in total. The molecule has 3 aliphatic rings. The van der Waals surface area contributed by atoms with Crippen molar-refractivity contribution < 1.29 is 33.4 Å². The van der Waals surface area contributed by atoms with Gasteiger partial charge in [-0.3, -0.25) is 4.79 Å². The Kier molecular flexibility index (Phi) is 5.91. The van der Waals surface area contributed by atoms with E-state index < -0.39 is 35.7 Å². The maximum atomic E-state index is 12.8. The first-order valence-electron chi connectivity index (χ1n) is 9.90. The quantitative estimate of drug-likeness (QED) is 0.488. The molecule has 0 fully saturated rings. The van der Waals surface area contributed by atoms with Crippen LogP contribution < -0.4 is 0 Å². The summed E-state index contributed by atoms with van der Waals surface area (Å²) < 4.78 is 9.64. The van der Waals surface area contributed by atoms with Crippen LogP contribution >= 0.6 is 0 Å². The highest BCUT2D eigenvalue weighted by molar-refractivity contribution is 6.17. The Balaban J connectivity index is 2.08. The van der Waals surface area contributed by atoms with E-state index in [1.165, 1.54) is 0 Å². The number of Topliss-reactive ketones (excluding diaryl/α,β-unsaturated/α-hetero) is 1. The zero-order valence-corrected chi connectivity index (χ0v) is 16.2. The summed E-state index contributed by atoms with van der Waals surface area (Å²) >= 11 is 0. The second-order valence-electron chi connectivity index (χ2n) is 7.51. The van der Waals surface area contributed by atoms with E-state index in [2.05, 4.69) is 0 Å². The summed E-state index contributed by atoms with van der Waals surface area (Å²) in [5.74, 6) is -4.63. The van der Waals surface area contributed by atoms with E-state index in [0.29, 0.717) is 12.8 Å². The maximum absolute atomic E-state index is 12.8. The van der Waals surface area contributed by atoms with Gasteiger partial charge in [-0.05, 0) is 31.6 Å². The van der Waals surface area contributed by atoms with Crippen LogP contribution in [0.2, 0.25) is 0 Å². The van der Waals surface area contributed by atoms with Crippen LogP contribution in [0.3, 0.4) is 0 Å². The second-order valence-corrected chi connectivity index (χ2v) is 7.51. The Morgan fingerprint density at radius 3 is 2.00 bits per heavy atom. The Labute approximate surface area is 163 Å². The van der Waals surface area contributed by atoms with E-state index in [4.69, 9.17) is 9.47 Å². The van der Waals surface area contributed by atoms with E-state index in [1.807, 2.05) is 13.8 Å². The molecule has 0 spiro atoms. The first-order valence-corrected chi connectivity index (χ1v) is 9.90. The molecule has 0 aromatic heterocycles. The van der Waals surface area contributed by atoms with Gasteiger partial charge in [0.25, 0.3) is 0 Å². The second kappa shape index (κ2) is 8.20. The molecule has 0 saturated heterocycles. The first kappa shape index (κ1) is 20.2. The molecule has 7 heteroatoms. The molecule has 0 radical (unpaired) electrons. The molecule has 0 bridgehead atoms. The van der Waals surface area contributed by atoms with E-state index in [-0.39, 0.29) is 47.3 Å². The predicted octanol–water partition coefficient (Wildman–Crippen LogP) is 2.72. The fourth-order valence-corrected chi connectivity index (χ4v) is 4.17. The fourth-order valence-electron chi connectivity index (χ4n) is 4.17. The maximum Gasteiger partial charge on any atom is 0.343 e. The lowest BCUT2D eigenvalue weighted by atomic mass is 9.75. The third-order valence-corrected chi connectivity index (χ3v) is 5.64. The number of carbonyl (C=O) groups is 5. The van der Waals surface area contributed by atoms with Crippen LogP contribution in [0.1, 0.15) is 65.2 Å². The molecule has 2 atom stereocenters. The number of unbranched alkanes of at least 4 members (excludes halogenated alkanes) is 2. The van der Waals surface area contributed by atoms with Crippen molar-refractivity contribution in [3.8, 4) is 0 Å². The smallest absolute Gasteiger partial charge is 0.343 e. The Morgan fingerprint density at radius 2 is 1.39 bits per heavy atom. The fraction of sp³-hybridized carbons (Fsp3) is 0.571. The largest absolute Gasteiger partial charge is 0.386 e. The molecule has 0 aromatic rings. The highest BCUT2D eigenvalue weighted by atomic mass is 16.6. The summed E-state index contributed by atoms with van der Waals surface area (Å²) in [4.78, 5) is 62.2. The van der Waals surface area contributed by atoms with Crippen molar-refractivity contribution in [2.24, 2.45) is 11.8 Å². The molecule has 2 aliphatic heterocycles. The van der Waals surface area contributed by atoms with E-state index in [0.717, 1.165) is 19.3 Å². The van der Waals surface area contributed by atoms with E-state index >= 15 is 0 Å². The standard InChI is InChI=1S/C21H24O7/c1-3-5-7-11-9-13-17(21(26)28-18(13)23)12(15(22)8-6-4-2)10-14-16(11)20(25)27-19(14)24/h11-12H,3-10H2,1-2H3. The van der Waals surface area contributed by atoms with Crippen LogP contribution in [0.25, 0.3) is 0 Å². The highest BCUT2D eigenvalue weighted by Crippen LogP contribution is 2.43. The van der Waals surface area contributed by atoms with Crippen molar-refractivity contribution in [2.75, 3.05) is 0 Å². The lowest BCUT2D eigenvalue weighted by molar-refractivity contribution is -0.154. The minimum absolute atomic E-state index is 0.0614. The number of hydrogen-bond donors (Lipinski definition) is 0. The molecule has 0 amide bonds. The molecule has 0 aromatic carbocycles. The van der Waals surface area contributed by atoms with Gasteiger partial charge in [0, 0.05) is 17.6 Å². The third-order valence-electron chi connectivity index (χ3n) is 5.64. The van der Waals surface area contributed by atoms with Crippen molar-refractivity contribution in [2.45, 2.75) is 65.2 Å². The zero-order chi connectivity index (χ0) is 20.4. The van der Waals surface area contributed by atoms with Gasteiger partial charge in [0.05, 0.1) is 17.1 Å². The normalized spacial score (nSPS) is 24.6. The number of esters is 4. The monoisotopic (exact) mass is 388 g/mol. The lowest BCUT2D eigenvalue weighted by Gasteiger charge is -2.23. The Hall–Kier alpha value is -2.57. The van der Waals surface area contributed by atoms with Crippen LogP contribution in [-0.2, 0) is 33.4 Å².